The summed E-state index contributed by atoms with van der Waals surface area (Å²) >= 11 is 3.62. The molecule has 0 saturated carbocycles. The van der Waals surface area contributed by atoms with Gasteiger partial charge in [0.1, 0.15) is 5.75 Å². The smallest absolute Gasteiger partial charge is 0.170 e. The molecule has 3 aliphatic heterocycles. The first kappa shape index (κ1) is 14.0. The normalized spacial score (nSPS) is 24.2. The van der Waals surface area contributed by atoms with Crippen LogP contribution in [0.4, 0.5) is 0 Å². The molecule has 2 saturated heterocycles. The van der Waals surface area contributed by atoms with E-state index >= 15 is 0 Å². The maximum absolute atomic E-state index is 5.82. The van der Waals surface area contributed by atoms with Gasteiger partial charge in [0, 0.05) is 48.9 Å². The monoisotopic (exact) mass is 353 g/mol. The molecule has 3 aliphatic rings. The molecule has 5 heteroatoms. The van der Waals surface area contributed by atoms with Gasteiger partial charge in [0.15, 0.2) is 5.79 Å². The Morgan fingerprint density at radius 2 is 1.86 bits per heavy atom. The second kappa shape index (κ2) is 5.54. The summed E-state index contributed by atoms with van der Waals surface area (Å²) < 4.78 is 18.6. The second-order valence-electron chi connectivity index (χ2n) is 6.04. The summed E-state index contributed by atoms with van der Waals surface area (Å²) in [5.41, 5.74) is 2.62. The van der Waals surface area contributed by atoms with Gasteiger partial charge in [-0.2, -0.15) is 0 Å². The number of piperidine rings is 1. The Hall–Kier alpha value is -0.620. The number of likely N-dealkylation sites (tertiary alicyclic amines) is 1. The number of rotatable bonds is 2. The molecule has 4 rings (SSSR count). The molecule has 2 fully saturated rings. The molecule has 0 radical (unpaired) electrons. The van der Waals surface area contributed by atoms with Crippen LogP contribution in [-0.2, 0) is 22.4 Å². The van der Waals surface area contributed by atoms with Crippen molar-refractivity contribution in [2.24, 2.45) is 0 Å². The van der Waals surface area contributed by atoms with Crippen molar-refractivity contribution in [2.75, 3.05) is 32.9 Å². The Kier molecular flexibility index (Phi) is 3.69. The molecule has 0 atom stereocenters. The van der Waals surface area contributed by atoms with E-state index in [1.807, 2.05) is 0 Å². The lowest BCUT2D eigenvalue weighted by molar-refractivity contribution is -0.185. The molecule has 0 amide bonds. The van der Waals surface area contributed by atoms with E-state index < -0.39 is 0 Å². The van der Waals surface area contributed by atoms with Gasteiger partial charge in [0.2, 0.25) is 0 Å². The maximum atomic E-state index is 5.82. The zero-order valence-corrected chi connectivity index (χ0v) is 13.7. The first-order valence-electron chi connectivity index (χ1n) is 7.68. The lowest BCUT2D eigenvalue weighted by Crippen LogP contribution is -2.44. The molecule has 4 nitrogen and oxygen atoms in total. The summed E-state index contributed by atoms with van der Waals surface area (Å²) in [7, 11) is 0. The summed E-state index contributed by atoms with van der Waals surface area (Å²) in [5, 5.41) is 0. The highest BCUT2D eigenvalue weighted by Gasteiger charge is 2.39. The van der Waals surface area contributed by atoms with Crippen molar-refractivity contribution in [3.05, 3.63) is 27.7 Å². The minimum absolute atomic E-state index is 0.285. The molecule has 1 aromatic rings. The standard InChI is InChI=1S/C16H20BrNO3/c17-14-9-12-1-6-19-15(12)13(10-14)11-18-4-2-16(3-5-18)20-7-8-21-16/h9-10H,1-8,11H2. The number of fused-ring (bicyclic) bond motifs is 1. The third kappa shape index (κ3) is 2.72. The molecule has 21 heavy (non-hydrogen) atoms. The molecule has 1 aromatic carbocycles. The third-order valence-corrected chi connectivity index (χ3v) is 5.11. The second-order valence-corrected chi connectivity index (χ2v) is 6.95. The predicted octanol–water partition coefficient (Wildman–Crippen LogP) is 2.72. The molecule has 0 aliphatic carbocycles. The van der Waals surface area contributed by atoms with Crippen LogP contribution in [0.5, 0.6) is 5.75 Å². The molecular formula is C16H20BrNO3. The highest BCUT2D eigenvalue weighted by Crippen LogP contribution is 2.36. The highest BCUT2D eigenvalue weighted by atomic mass is 79.9. The van der Waals surface area contributed by atoms with Gasteiger partial charge in [-0.15, -0.1) is 0 Å². The van der Waals surface area contributed by atoms with Gasteiger partial charge in [0.25, 0.3) is 0 Å². The first-order valence-corrected chi connectivity index (χ1v) is 8.48. The molecular weight excluding hydrogens is 334 g/mol. The van der Waals surface area contributed by atoms with Crippen molar-refractivity contribution in [2.45, 2.75) is 31.6 Å². The summed E-state index contributed by atoms with van der Waals surface area (Å²) in [6, 6.07) is 4.37. The van der Waals surface area contributed by atoms with E-state index in [-0.39, 0.29) is 5.79 Å². The van der Waals surface area contributed by atoms with Crippen molar-refractivity contribution in [1.29, 1.82) is 0 Å². The minimum atomic E-state index is -0.285. The van der Waals surface area contributed by atoms with E-state index in [1.54, 1.807) is 0 Å². The summed E-state index contributed by atoms with van der Waals surface area (Å²) in [5.74, 6) is 0.818. The van der Waals surface area contributed by atoms with Crippen LogP contribution < -0.4 is 4.74 Å². The zero-order valence-electron chi connectivity index (χ0n) is 12.1. The fraction of sp³-hybridized carbons (Fsp3) is 0.625. The van der Waals surface area contributed by atoms with E-state index in [0.717, 1.165) is 68.9 Å². The van der Waals surface area contributed by atoms with E-state index in [1.165, 1.54) is 11.1 Å². The molecule has 0 bridgehead atoms. The van der Waals surface area contributed by atoms with Gasteiger partial charge in [-0.25, -0.2) is 0 Å². The summed E-state index contributed by atoms with van der Waals surface area (Å²) in [4.78, 5) is 2.47. The summed E-state index contributed by atoms with van der Waals surface area (Å²) in [6.07, 6.45) is 2.95. The van der Waals surface area contributed by atoms with Gasteiger partial charge in [0.05, 0.1) is 19.8 Å². The van der Waals surface area contributed by atoms with Crippen LogP contribution in [0.3, 0.4) is 0 Å². The van der Waals surface area contributed by atoms with Crippen LogP contribution in [-0.4, -0.2) is 43.6 Å². The van der Waals surface area contributed by atoms with Crippen molar-refractivity contribution in [1.82, 2.24) is 4.90 Å². The van der Waals surface area contributed by atoms with E-state index in [2.05, 4.69) is 33.0 Å². The van der Waals surface area contributed by atoms with Crippen LogP contribution >= 0.6 is 15.9 Å². The number of hydrogen-bond donors (Lipinski definition) is 0. The van der Waals surface area contributed by atoms with Crippen LogP contribution in [0.2, 0.25) is 0 Å². The van der Waals surface area contributed by atoms with Gasteiger partial charge in [-0.05, 0) is 17.7 Å². The average Bonchev–Trinajstić information content (AvgIpc) is 3.11. The average molecular weight is 354 g/mol. The number of benzene rings is 1. The van der Waals surface area contributed by atoms with Gasteiger partial charge >= 0.3 is 0 Å². The Labute approximate surface area is 133 Å². The van der Waals surface area contributed by atoms with Crippen LogP contribution in [0.15, 0.2) is 16.6 Å². The lowest BCUT2D eigenvalue weighted by Gasteiger charge is -2.37. The number of nitrogens with zero attached hydrogens (tertiary/aromatic N) is 1. The minimum Gasteiger partial charge on any atom is -0.493 e. The number of hydrogen-bond acceptors (Lipinski definition) is 4. The predicted molar refractivity (Wildman–Crippen MR) is 82.5 cm³/mol. The molecule has 0 N–H and O–H groups in total. The Bertz CT molecular complexity index is 533. The Balaban J connectivity index is 1.45. The molecule has 0 unspecified atom stereocenters. The quantitative estimate of drug-likeness (QED) is 0.817. The Morgan fingerprint density at radius 3 is 2.62 bits per heavy atom. The lowest BCUT2D eigenvalue weighted by atomic mass is 10.0. The molecule has 0 aromatic heterocycles. The van der Waals surface area contributed by atoms with Gasteiger partial charge < -0.3 is 14.2 Å². The van der Waals surface area contributed by atoms with Crippen molar-refractivity contribution in [3.8, 4) is 5.75 Å². The van der Waals surface area contributed by atoms with E-state index in [9.17, 15) is 0 Å². The van der Waals surface area contributed by atoms with Crippen molar-refractivity contribution in [3.63, 3.8) is 0 Å². The van der Waals surface area contributed by atoms with Gasteiger partial charge in [-0.1, -0.05) is 15.9 Å². The third-order valence-electron chi connectivity index (χ3n) is 4.65. The fourth-order valence-corrected chi connectivity index (χ4v) is 4.09. The zero-order chi connectivity index (χ0) is 14.3. The summed E-state index contributed by atoms with van der Waals surface area (Å²) in [6.45, 7) is 5.27. The Morgan fingerprint density at radius 1 is 1.10 bits per heavy atom. The molecule has 114 valence electrons. The maximum Gasteiger partial charge on any atom is 0.170 e. The van der Waals surface area contributed by atoms with Crippen LogP contribution in [0.1, 0.15) is 24.0 Å². The van der Waals surface area contributed by atoms with Crippen LogP contribution in [0.25, 0.3) is 0 Å². The van der Waals surface area contributed by atoms with Crippen LogP contribution in [0, 0.1) is 0 Å². The topological polar surface area (TPSA) is 30.9 Å². The first-order chi connectivity index (χ1) is 10.2. The van der Waals surface area contributed by atoms with E-state index in [4.69, 9.17) is 14.2 Å². The van der Waals surface area contributed by atoms with Crippen molar-refractivity contribution < 1.29 is 14.2 Å². The largest absolute Gasteiger partial charge is 0.493 e. The SMILES string of the molecule is Brc1cc2c(c(CN3CCC4(CC3)OCCO4)c1)OCC2. The van der Waals surface area contributed by atoms with E-state index in [0.29, 0.717) is 0 Å². The number of halogens is 1. The molecule has 1 spiro atoms. The molecule has 3 heterocycles. The van der Waals surface area contributed by atoms with Gasteiger partial charge in [-0.3, -0.25) is 4.90 Å². The number of ether oxygens (including phenoxy) is 3. The fourth-order valence-electron chi connectivity index (χ4n) is 3.54. The van der Waals surface area contributed by atoms with Crippen molar-refractivity contribution >= 4 is 15.9 Å². The highest BCUT2D eigenvalue weighted by molar-refractivity contribution is 9.10.